The molecule has 0 aliphatic carbocycles. The Bertz CT molecular complexity index is 550. The van der Waals surface area contributed by atoms with Crippen LogP contribution < -0.4 is 5.73 Å². The average molecular weight is 288 g/mol. The third kappa shape index (κ3) is 3.11. The molecule has 1 saturated heterocycles. The van der Waals surface area contributed by atoms with Crippen LogP contribution in [0.25, 0.3) is 0 Å². The minimum Gasteiger partial charge on any atom is -0.371 e. The lowest BCUT2D eigenvalue weighted by Crippen LogP contribution is -2.51. The first kappa shape index (κ1) is 14.4. The van der Waals surface area contributed by atoms with Gasteiger partial charge in [0.25, 0.3) is 0 Å². The van der Waals surface area contributed by atoms with E-state index >= 15 is 0 Å². The highest BCUT2D eigenvalue weighted by molar-refractivity contribution is 7.89. The Hall–Kier alpha value is -1.02. The molecule has 106 valence electrons. The Morgan fingerprint density at radius 1 is 1.47 bits per heavy atom. The van der Waals surface area contributed by atoms with E-state index in [0.717, 1.165) is 6.07 Å². The van der Waals surface area contributed by atoms with Crippen molar-refractivity contribution < 1.29 is 17.5 Å². The van der Waals surface area contributed by atoms with E-state index in [1.165, 1.54) is 22.5 Å². The van der Waals surface area contributed by atoms with Gasteiger partial charge in [0.05, 0.1) is 17.1 Å². The molecule has 0 spiro atoms. The predicted molar refractivity (Wildman–Crippen MR) is 68.5 cm³/mol. The molecule has 5 nitrogen and oxygen atoms in total. The van der Waals surface area contributed by atoms with Gasteiger partial charge in [0.15, 0.2) is 0 Å². The Kier molecular flexibility index (Phi) is 4.19. The SMILES string of the molecule is CC1CN(S(=O)(=O)c2cccc(F)c2)CC(CN)O1. The zero-order valence-electron chi connectivity index (χ0n) is 10.6. The second kappa shape index (κ2) is 5.54. The zero-order valence-corrected chi connectivity index (χ0v) is 11.4. The predicted octanol–water partition coefficient (Wildman–Crippen LogP) is 0.562. The number of rotatable bonds is 3. The number of hydrogen-bond donors (Lipinski definition) is 1. The van der Waals surface area contributed by atoms with Gasteiger partial charge in [0.1, 0.15) is 5.82 Å². The number of nitrogens with zero attached hydrogens (tertiary/aromatic N) is 1. The maximum atomic E-state index is 13.2. The largest absolute Gasteiger partial charge is 0.371 e. The van der Waals surface area contributed by atoms with Crippen molar-refractivity contribution >= 4 is 10.0 Å². The van der Waals surface area contributed by atoms with Gasteiger partial charge >= 0.3 is 0 Å². The second-order valence-electron chi connectivity index (χ2n) is 4.58. The van der Waals surface area contributed by atoms with Crippen molar-refractivity contribution in [3.8, 4) is 0 Å². The summed E-state index contributed by atoms with van der Waals surface area (Å²) >= 11 is 0. The van der Waals surface area contributed by atoms with Crippen LogP contribution in [-0.2, 0) is 14.8 Å². The molecule has 19 heavy (non-hydrogen) atoms. The van der Waals surface area contributed by atoms with Crippen LogP contribution in [0, 0.1) is 5.82 Å². The van der Waals surface area contributed by atoms with Crippen LogP contribution in [-0.4, -0.2) is 44.6 Å². The van der Waals surface area contributed by atoms with Crippen molar-refractivity contribution in [1.29, 1.82) is 0 Å². The maximum Gasteiger partial charge on any atom is 0.243 e. The molecule has 0 amide bonds. The molecule has 1 aromatic rings. The molecule has 2 atom stereocenters. The molecule has 0 radical (unpaired) electrons. The van der Waals surface area contributed by atoms with E-state index in [1.807, 2.05) is 0 Å². The number of sulfonamides is 1. The van der Waals surface area contributed by atoms with Crippen LogP contribution in [0.2, 0.25) is 0 Å². The molecule has 1 fully saturated rings. The molecule has 2 unspecified atom stereocenters. The molecule has 7 heteroatoms. The van der Waals surface area contributed by atoms with Gasteiger partial charge in [-0.3, -0.25) is 0 Å². The lowest BCUT2D eigenvalue weighted by atomic mass is 10.2. The number of nitrogens with two attached hydrogens (primary N) is 1. The Labute approximate surface area is 112 Å². The van der Waals surface area contributed by atoms with Crippen LogP contribution >= 0.6 is 0 Å². The van der Waals surface area contributed by atoms with Gasteiger partial charge in [-0.05, 0) is 25.1 Å². The van der Waals surface area contributed by atoms with E-state index in [1.54, 1.807) is 6.92 Å². The molecular formula is C12H17FN2O3S. The van der Waals surface area contributed by atoms with E-state index in [0.29, 0.717) is 0 Å². The van der Waals surface area contributed by atoms with Crippen LogP contribution in [0.15, 0.2) is 29.2 Å². The summed E-state index contributed by atoms with van der Waals surface area (Å²) in [5.74, 6) is -0.572. The quantitative estimate of drug-likeness (QED) is 0.882. The van der Waals surface area contributed by atoms with Gasteiger partial charge in [0.2, 0.25) is 10.0 Å². The van der Waals surface area contributed by atoms with E-state index < -0.39 is 15.8 Å². The summed E-state index contributed by atoms with van der Waals surface area (Å²) in [6, 6.07) is 5.00. The molecular weight excluding hydrogens is 271 g/mol. The summed E-state index contributed by atoms with van der Waals surface area (Å²) in [5.41, 5.74) is 5.53. The van der Waals surface area contributed by atoms with Crippen LogP contribution in [0.3, 0.4) is 0 Å². The number of hydrogen-bond acceptors (Lipinski definition) is 4. The molecule has 0 aromatic heterocycles. The van der Waals surface area contributed by atoms with E-state index in [-0.39, 0.29) is 36.7 Å². The van der Waals surface area contributed by atoms with Crippen molar-refractivity contribution in [3.63, 3.8) is 0 Å². The molecule has 1 aliphatic rings. The lowest BCUT2D eigenvalue weighted by molar-refractivity contribution is -0.0486. The first-order chi connectivity index (χ1) is 8.93. The number of morpholine rings is 1. The highest BCUT2D eigenvalue weighted by atomic mass is 32.2. The fourth-order valence-electron chi connectivity index (χ4n) is 2.11. The van der Waals surface area contributed by atoms with E-state index in [4.69, 9.17) is 10.5 Å². The highest BCUT2D eigenvalue weighted by Crippen LogP contribution is 2.21. The number of ether oxygens (including phenoxy) is 1. The summed E-state index contributed by atoms with van der Waals surface area (Å²) in [7, 11) is -3.70. The average Bonchev–Trinajstić information content (AvgIpc) is 2.38. The van der Waals surface area contributed by atoms with Crippen LogP contribution in [0.1, 0.15) is 6.92 Å². The molecule has 1 heterocycles. The summed E-state index contributed by atoms with van der Waals surface area (Å²) in [6.07, 6.45) is -0.558. The molecule has 1 aromatic carbocycles. The van der Waals surface area contributed by atoms with E-state index in [9.17, 15) is 12.8 Å². The van der Waals surface area contributed by atoms with Gasteiger partial charge in [-0.25, -0.2) is 12.8 Å². The van der Waals surface area contributed by atoms with Crippen LogP contribution in [0.5, 0.6) is 0 Å². The van der Waals surface area contributed by atoms with Gasteiger partial charge in [-0.2, -0.15) is 4.31 Å². The lowest BCUT2D eigenvalue weighted by Gasteiger charge is -2.35. The number of halogens is 1. The number of benzene rings is 1. The minimum atomic E-state index is -3.70. The van der Waals surface area contributed by atoms with Gasteiger partial charge in [-0.15, -0.1) is 0 Å². The maximum absolute atomic E-state index is 13.2. The second-order valence-corrected chi connectivity index (χ2v) is 6.52. The Morgan fingerprint density at radius 2 is 2.21 bits per heavy atom. The van der Waals surface area contributed by atoms with Crippen molar-refractivity contribution in [2.75, 3.05) is 19.6 Å². The summed E-state index contributed by atoms with van der Waals surface area (Å²) < 4.78 is 44.8. The molecule has 1 aliphatic heterocycles. The smallest absolute Gasteiger partial charge is 0.243 e. The monoisotopic (exact) mass is 288 g/mol. The van der Waals surface area contributed by atoms with Gasteiger partial charge < -0.3 is 10.5 Å². The van der Waals surface area contributed by atoms with Crippen molar-refractivity contribution in [2.45, 2.75) is 24.0 Å². The topological polar surface area (TPSA) is 72.6 Å². The van der Waals surface area contributed by atoms with Gasteiger partial charge in [-0.1, -0.05) is 6.07 Å². The Morgan fingerprint density at radius 3 is 2.84 bits per heavy atom. The molecule has 2 N–H and O–H groups in total. The first-order valence-electron chi connectivity index (χ1n) is 6.04. The standard InChI is InChI=1S/C12H17FN2O3S/c1-9-7-15(8-11(6-14)18-9)19(16,17)12-4-2-3-10(13)5-12/h2-5,9,11H,6-8,14H2,1H3. The van der Waals surface area contributed by atoms with Gasteiger partial charge in [0, 0.05) is 19.6 Å². The molecule has 2 rings (SSSR count). The van der Waals surface area contributed by atoms with Crippen molar-refractivity contribution in [3.05, 3.63) is 30.1 Å². The normalized spacial score (nSPS) is 25.4. The third-order valence-corrected chi connectivity index (χ3v) is 4.82. The molecule has 0 saturated carbocycles. The first-order valence-corrected chi connectivity index (χ1v) is 7.48. The van der Waals surface area contributed by atoms with Crippen LogP contribution in [0.4, 0.5) is 4.39 Å². The summed E-state index contributed by atoms with van der Waals surface area (Å²) in [6.45, 7) is 2.48. The summed E-state index contributed by atoms with van der Waals surface area (Å²) in [5, 5.41) is 0. The van der Waals surface area contributed by atoms with Crippen molar-refractivity contribution in [2.24, 2.45) is 5.73 Å². The minimum absolute atomic E-state index is 0.0441. The fraction of sp³-hybridized carbons (Fsp3) is 0.500. The van der Waals surface area contributed by atoms with Crippen molar-refractivity contribution in [1.82, 2.24) is 4.31 Å². The van der Waals surface area contributed by atoms with E-state index in [2.05, 4.69) is 0 Å². The fourth-order valence-corrected chi connectivity index (χ4v) is 3.68. The molecule has 0 bridgehead atoms. The zero-order chi connectivity index (χ0) is 14.0. The Balaban J connectivity index is 2.29. The summed E-state index contributed by atoms with van der Waals surface area (Å²) in [4.78, 5) is -0.0441. The highest BCUT2D eigenvalue weighted by Gasteiger charge is 2.33. The third-order valence-electron chi connectivity index (χ3n) is 2.99.